The number of carbonyl (C=O) groups is 1. The lowest BCUT2D eigenvalue weighted by Gasteiger charge is -2.26. The summed E-state index contributed by atoms with van der Waals surface area (Å²) in [7, 11) is -2.18. The number of allylic oxidation sites excluding steroid dienone is 1. The Kier molecular flexibility index (Phi) is 9.91. The molecule has 5 heteroatoms. The summed E-state index contributed by atoms with van der Waals surface area (Å²) in [5.41, 5.74) is 0. The lowest BCUT2D eigenvalue weighted by atomic mass is 10.5. The number of hydrogen-bond donors (Lipinski definition) is 0. The number of ether oxygens (including phenoxy) is 1. The van der Waals surface area contributed by atoms with Crippen molar-refractivity contribution >= 4 is 14.5 Å². The summed E-state index contributed by atoms with van der Waals surface area (Å²) in [5.74, 6) is -0.306. The lowest BCUT2D eigenvalue weighted by molar-refractivity contribution is -0.137. The van der Waals surface area contributed by atoms with Gasteiger partial charge in [0.15, 0.2) is 0 Å². The van der Waals surface area contributed by atoms with E-state index in [0.29, 0.717) is 25.9 Å². The molecule has 0 aromatic carbocycles. The molecular formula is C13H26O4Si. The number of hydrogen-bond acceptors (Lipinski definition) is 4. The molecule has 0 radical (unpaired) electrons. The van der Waals surface area contributed by atoms with Crippen LogP contribution in [0.1, 0.15) is 33.6 Å². The van der Waals surface area contributed by atoms with Gasteiger partial charge < -0.3 is 13.6 Å². The highest BCUT2D eigenvalue weighted by molar-refractivity contribution is 6.66. The first-order valence-corrected chi connectivity index (χ1v) is 9.17. The average Bonchev–Trinajstić information content (AvgIpc) is 2.34. The fraction of sp³-hybridized carbons (Fsp3) is 0.769. The van der Waals surface area contributed by atoms with Crippen LogP contribution in [0, 0.1) is 0 Å². The van der Waals surface area contributed by atoms with Crippen LogP contribution in [0.5, 0.6) is 0 Å². The second-order valence-corrected chi connectivity index (χ2v) is 7.59. The minimum absolute atomic E-state index is 0.306. The predicted molar refractivity (Wildman–Crippen MR) is 74.7 cm³/mol. The van der Waals surface area contributed by atoms with E-state index in [2.05, 4.69) is 13.8 Å². The maximum atomic E-state index is 11.2. The van der Waals surface area contributed by atoms with Crippen LogP contribution in [-0.2, 0) is 18.4 Å². The third-order valence-corrected chi connectivity index (χ3v) is 5.07. The van der Waals surface area contributed by atoms with Crippen molar-refractivity contribution in [2.24, 2.45) is 0 Å². The standard InChI is InChI=1S/C13H26O4Si/c1-5-8-13(14)15-11-12-18(4,16-9-6-2)17-10-7-3/h5,8H,6-7,9-12H2,1-4H3. The Morgan fingerprint density at radius 3 is 2.11 bits per heavy atom. The monoisotopic (exact) mass is 274 g/mol. The predicted octanol–water partition coefficient (Wildman–Crippen LogP) is 3.03. The van der Waals surface area contributed by atoms with Gasteiger partial charge in [-0.1, -0.05) is 19.9 Å². The molecule has 0 spiro atoms. The van der Waals surface area contributed by atoms with Gasteiger partial charge in [0.05, 0.1) is 6.61 Å². The van der Waals surface area contributed by atoms with E-state index in [1.54, 1.807) is 13.0 Å². The summed E-state index contributed by atoms with van der Waals surface area (Å²) in [6, 6.07) is 0.677. The lowest BCUT2D eigenvalue weighted by Crippen LogP contribution is -2.40. The van der Waals surface area contributed by atoms with Crippen LogP contribution < -0.4 is 0 Å². The highest BCUT2D eigenvalue weighted by atomic mass is 28.4. The minimum Gasteiger partial charge on any atom is -0.463 e. The van der Waals surface area contributed by atoms with E-state index in [0.717, 1.165) is 12.8 Å². The molecule has 0 N–H and O–H groups in total. The molecule has 4 nitrogen and oxygen atoms in total. The SMILES string of the molecule is CC=CC(=O)OCC[Si](C)(OCCC)OCCC. The van der Waals surface area contributed by atoms with Gasteiger partial charge >= 0.3 is 14.5 Å². The molecule has 0 amide bonds. The number of esters is 1. The van der Waals surface area contributed by atoms with Gasteiger partial charge in [-0.2, -0.15) is 0 Å². The molecule has 0 fully saturated rings. The van der Waals surface area contributed by atoms with E-state index < -0.39 is 8.56 Å². The van der Waals surface area contributed by atoms with Crippen molar-refractivity contribution in [2.75, 3.05) is 19.8 Å². The zero-order valence-electron chi connectivity index (χ0n) is 12.0. The van der Waals surface area contributed by atoms with Crippen LogP contribution >= 0.6 is 0 Å². The van der Waals surface area contributed by atoms with Crippen molar-refractivity contribution in [2.45, 2.75) is 46.2 Å². The van der Waals surface area contributed by atoms with Crippen LogP contribution in [-0.4, -0.2) is 34.4 Å². The van der Waals surface area contributed by atoms with Crippen LogP contribution in [0.3, 0.4) is 0 Å². The van der Waals surface area contributed by atoms with Gasteiger partial charge in [-0.3, -0.25) is 0 Å². The maximum Gasteiger partial charge on any atom is 0.338 e. The fourth-order valence-electron chi connectivity index (χ4n) is 1.34. The first-order valence-electron chi connectivity index (χ1n) is 6.65. The van der Waals surface area contributed by atoms with E-state index in [4.69, 9.17) is 13.6 Å². The van der Waals surface area contributed by atoms with E-state index in [1.165, 1.54) is 6.08 Å². The van der Waals surface area contributed by atoms with E-state index in [9.17, 15) is 4.79 Å². The molecule has 106 valence electrons. The molecule has 0 aliphatic heterocycles. The summed E-state index contributed by atoms with van der Waals surface area (Å²) in [5, 5.41) is 0. The van der Waals surface area contributed by atoms with Crippen molar-refractivity contribution in [3.63, 3.8) is 0 Å². The molecule has 18 heavy (non-hydrogen) atoms. The summed E-state index contributed by atoms with van der Waals surface area (Å²) in [6.07, 6.45) is 5.02. The van der Waals surface area contributed by atoms with Crippen LogP contribution in [0.15, 0.2) is 12.2 Å². The largest absolute Gasteiger partial charge is 0.463 e. The van der Waals surface area contributed by atoms with Crippen molar-refractivity contribution < 1.29 is 18.4 Å². The Balaban J connectivity index is 4.10. The second kappa shape index (κ2) is 10.3. The zero-order chi connectivity index (χ0) is 13.9. The molecule has 0 bridgehead atoms. The van der Waals surface area contributed by atoms with Gasteiger partial charge in [-0.15, -0.1) is 0 Å². The third-order valence-electron chi connectivity index (χ3n) is 2.33. The highest BCUT2D eigenvalue weighted by Crippen LogP contribution is 2.14. The molecule has 0 saturated heterocycles. The molecule has 0 aliphatic carbocycles. The van der Waals surface area contributed by atoms with Gasteiger partial charge in [0.2, 0.25) is 0 Å². The Morgan fingerprint density at radius 1 is 1.11 bits per heavy atom. The Hall–Kier alpha value is -0.653. The first kappa shape index (κ1) is 17.3. The average molecular weight is 274 g/mol. The van der Waals surface area contributed by atoms with Crippen molar-refractivity contribution in [1.29, 1.82) is 0 Å². The second-order valence-electron chi connectivity index (χ2n) is 4.25. The fourth-order valence-corrected chi connectivity index (χ4v) is 3.46. The molecule has 0 aromatic heterocycles. The third kappa shape index (κ3) is 8.44. The van der Waals surface area contributed by atoms with Crippen LogP contribution in [0.25, 0.3) is 0 Å². The summed E-state index contributed by atoms with van der Waals surface area (Å²) in [4.78, 5) is 11.2. The first-order chi connectivity index (χ1) is 8.58. The van der Waals surface area contributed by atoms with Gasteiger partial charge in [-0.05, 0) is 26.3 Å². The molecule has 0 unspecified atom stereocenters. The summed E-state index contributed by atoms with van der Waals surface area (Å²) >= 11 is 0. The van der Waals surface area contributed by atoms with Gasteiger partial charge in [-0.25, -0.2) is 4.79 Å². The Morgan fingerprint density at radius 2 is 1.67 bits per heavy atom. The molecule has 0 saturated carbocycles. The van der Waals surface area contributed by atoms with Gasteiger partial charge in [0.25, 0.3) is 0 Å². The van der Waals surface area contributed by atoms with Gasteiger partial charge in [0.1, 0.15) is 0 Å². The molecular weight excluding hydrogens is 248 g/mol. The van der Waals surface area contributed by atoms with E-state index in [1.807, 2.05) is 6.55 Å². The topological polar surface area (TPSA) is 44.8 Å². The van der Waals surface area contributed by atoms with Crippen molar-refractivity contribution in [3.05, 3.63) is 12.2 Å². The summed E-state index contributed by atoms with van der Waals surface area (Å²) < 4.78 is 16.7. The van der Waals surface area contributed by atoms with E-state index in [-0.39, 0.29) is 5.97 Å². The van der Waals surface area contributed by atoms with Crippen molar-refractivity contribution in [1.82, 2.24) is 0 Å². The van der Waals surface area contributed by atoms with Crippen LogP contribution in [0.4, 0.5) is 0 Å². The van der Waals surface area contributed by atoms with Crippen molar-refractivity contribution in [3.8, 4) is 0 Å². The number of rotatable bonds is 10. The molecule has 0 atom stereocenters. The molecule has 0 rings (SSSR count). The molecule has 0 aliphatic rings. The minimum atomic E-state index is -2.18. The van der Waals surface area contributed by atoms with E-state index >= 15 is 0 Å². The Bertz CT molecular complexity index is 245. The van der Waals surface area contributed by atoms with Crippen LogP contribution in [0.2, 0.25) is 12.6 Å². The normalized spacial score (nSPS) is 12.0. The smallest absolute Gasteiger partial charge is 0.338 e. The molecule has 0 heterocycles. The quantitative estimate of drug-likeness (QED) is 0.349. The Labute approximate surface area is 112 Å². The molecule has 0 aromatic rings. The maximum absolute atomic E-state index is 11.2. The number of carbonyl (C=O) groups excluding carboxylic acids is 1. The van der Waals surface area contributed by atoms with Gasteiger partial charge in [0, 0.05) is 25.3 Å². The highest BCUT2D eigenvalue weighted by Gasteiger charge is 2.31. The summed E-state index contributed by atoms with van der Waals surface area (Å²) in [6.45, 7) is 9.72. The zero-order valence-corrected chi connectivity index (χ0v) is 13.0.